The van der Waals surface area contributed by atoms with Crippen LogP contribution in [-0.4, -0.2) is 0 Å². The van der Waals surface area contributed by atoms with Crippen LogP contribution < -0.4 is 0 Å². The van der Waals surface area contributed by atoms with E-state index in [1.807, 2.05) is 0 Å². The maximum absolute atomic E-state index is 9.00. The summed E-state index contributed by atoms with van der Waals surface area (Å²) in [4.78, 5) is 0. The van der Waals surface area contributed by atoms with Gasteiger partial charge in [0.2, 0.25) is 0 Å². The lowest BCUT2D eigenvalue weighted by atomic mass is 9.96. The Labute approximate surface area is 109 Å². The molecule has 1 nitrogen and oxygen atoms in total. The zero-order valence-corrected chi connectivity index (χ0v) is 12.2. The first-order chi connectivity index (χ1) is 8.20. The molecule has 0 aromatic heterocycles. The van der Waals surface area contributed by atoms with Crippen LogP contribution in [0.25, 0.3) is 0 Å². The molecule has 17 heavy (non-hydrogen) atoms. The van der Waals surface area contributed by atoms with Gasteiger partial charge in [-0.15, -0.1) is 0 Å². The van der Waals surface area contributed by atoms with Crippen molar-refractivity contribution in [3.63, 3.8) is 0 Å². The molecule has 0 radical (unpaired) electrons. The van der Waals surface area contributed by atoms with E-state index in [0.29, 0.717) is 5.92 Å². The topological polar surface area (TPSA) is 23.8 Å². The molecule has 0 aromatic rings. The van der Waals surface area contributed by atoms with Crippen LogP contribution in [-0.2, 0) is 0 Å². The van der Waals surface area contributed by atoms with Crippen LogP contribution in [0.3, 0.4) is 0 Å². The minimum atomic E-state index is 0.325. The lowest BCUT2D eigenvalue weighted by molar-refractivity contribution is 0.475. The van der Waals surface area contributed by atoms with Crippen LogP contribution in [0.2, 0.25) is 0 Å². The zero-order valence-electron chi connectivity index (χ0n) is 12.2. The van der Waals surface area contributed by atoms with Crippen molar-refractivity contribution in [1.82, 2.24) is 0 Å². The van der Waals surface area contributed by atoms with Gasteiger partial charge in [-0.3, -0.25) is 0 Å². The van der Waals surface area contributed by atoms with Gasteiger partial charge in [0, 0.05) is 5.92 Å². The van der Waals surface area contributed by atoms with E-state index < -0.39 is 0 Å². The molecular weight excluding hydrogens is 206 g/mol. The molecule has 0 rings (SSSR count). The van der Waals surface area contributed by atoms with Crippen LogP contribution in [0.5, 0.6) is 0 Å². The van der Waals surface area contributed by atoms with Gasteiger partial charge >= 0.3 is 0 Å². The van der Waals surface area contributed by atoms with Crippen LogP contribution in [0.15, 0.2) is 0 Å². The van der Waals surface area contributed by atoms with Gasteiger partial charge in [0.1, 0.15) is 0 Å². The van der Waals surface area contributed by atoms with Gasteiger partial charge in [0.25, 0.3) is 0 Å². The molecule has 0 aliphatic heterocycles. The van der Waals surface area contributed by atoms with Gasteiger partial charge in [-0.2, -0.15) is 5.26 Å². The van der Waals surface area contributed by atoms with Crippen LogP contribution in [0, 0.1) is 23.2 Å². The predicted octanol–water partition coefficient (Wildman–Crippen LogP) is 5.70. The fourth-order valence-corrected chi connectivity index (χ4v) is 2.20. The van der Waals surface area contributed by atoms with Crippen LogP contribution in [0.4, 0.5) is 0 Å². The highest BCUT2D eigenvalue weighted by Gasteiger charge is 2.05. The molecule has 0 aliphatic rings. The highest BCUT2D eigenvalue weighted by atomic mass is 14.3. The maximum Gasteiger partial charge on any atom is 0.0655 e. The standard InChI is InChI=1S/C16H31N/c1-4-5-12-16(14-17)13-10-8-6-7-9-11-15(2)3/h15-16H,4-13H2,1-3H3. The van der Waals surface area contributed by atoms with Crippen molar-refractivity contribution in [2.24, 2.45) is 11.8 Å². The summed E-state index contributed by atoms with van der Waals surface area (Å²) < 4.78 is 0. The van der Waals surface area contributed by atoms with Crippen molar-refractivity contribution in [2.75, 3.05) is 0 Å². The van der Waals surface area contributed by atoms with Crippen LogP contribution >= 0.6 is 0 Å². The molecule has 0 aliphatic carbocycles. The van der Waals surface area contributed by atoms with Gasteiger partial charge in [-0.25, -0.2) is 0 Å². The number of hydrogen-bond acceptors (Lipinski definition) is 1. The Bertz CT molecular complexity index is 190. The summed E-state index contributed by atoms with van der Waals surface area (Å²) >= 11 is 0. The summed E-state index contributed by atoms with van der Waals surface area (Å²) in [7, 11) is 0. The first kappa shape index (κ1) is 16.5. The molecular formula is C16H31N. The largest absolute Gasteiger partial charge is 0.198 e. The second kappa shape index (κ2) is 12.0. The maximum atomic E-state index is 9.00. The minimum absolute atomic E-state index is 0.325. The number of unbranched alkanes of at least 4 members (excludes halogenated alkanes) is 5. The van der Waals surface area contributed by atoms with Crippen molar-refractivity contribution in [1.29, 1.82) is 5.26 Å². The van der Waals surface area contributed by atoms with E-state index in [1.54, 1.807) is 0 Å². The van der Waals surface area contributed by atoms with Gasteiger partial charge in [-0.1, -0.05) is 72.1 Å². The Morgan fingerprint density at radius 3 is 1.88 bits per heavy atom. The van der Waals surface area contributed by atoms with E-state index in [4.69, 9.17) is 5.26 Å². The zero-order chi connectivity index (χ0) is 12.9. The molecule has 0 fully saturated rings. The summed E-state index contributed by atoms with van der Waals surface area (Å²) in [5.74, 6) is 1.18. The lowest BCUT2D eigenvalue weighted by Gasteiger charge is -2.08. The second-order valence-corrected chi connectivity index (χ2v) is 5.71. The Kier molecular flexibility index (Phi) is 11.6. The molecule has 0 amide bonds. The van der Waals surface area contributed by atoms with Crippen molar-refractivity contribution in [2.45, 2.75) is 85.0 Å². The molecule has 1 atom stereocenters. The third-order valence-electron chi connectivity index (χ3n) is 3.42. The molecule has 100 valence electrons. The van der Waals surface area contributed by atoms with Crippen LogP contribution in [0.1, 0.15) is 85.0 Å². The molecule has 0 saturated heterocycles. The SMILES string of the molecule is CCCCC(C#N)CCCCCCCC(C)C. The number of hydrogen-bond donors (Lipinski definition) is 0. The number of nitrogens with zero attached hydrogens (tertiary/aromatic N) is 1. The molecule has 1 unspecified atom stereocenters. The quantitative estimate of drug-likeness (QED) is 0.423. The summed E-state index contributed by atoms with van der Waals surface area (Å²) in [6.45, 7) is 6.79. The molecule has 0 aromatic carbocycles. The fourth-order valence-electron chi connectivity index (χ4n) is 2.20. The lowest BCUT2D eigenvalue weighted by Crippen LogP contribution is -1.97. The van der Waals surface area contributed by atoms with Crippen molar-refractivity contribution < 1.29 is 0 Å². The van der Waals surface area contributed by atoms with Gasteiger partial charge in [-0.05, 0) is 18.8 Å². The van der Waals surface area contributed by atoms with Crippen molar-refractivity contribution >= 4 is 0 Å². The predicted molar refractivity (Wildman–Crippen MR) is 75.8 cm³/mol. The third kappa shape index (κ3) is 11.7. The fraction of sp³-hybridized carbons (Fsp3) is 0.938. The van der Waals surface area contributed by atoms with Gasteiger partial charge in [0.15, 0.2) is 0 Å². The van der Waals surface area contributed by atoms with E-state index in [2.05, 4.69) is 26.8 Å². The van der Waals surface area contributed by atoms with E-state index in [-0.39, 0.29) is 0 Å². The van der Waals surface area contributed by atoms with Gasteiger partial charge < -0.3 is 0 Å². The Morgan fingerprint density at radius 1 is 0.824 bits per heavy atom. The molecule has 0 bridgehead atoms. The highest BCUT2D eigenvalue weighted by molar-refractivity contribution is 4.82. The van der Waals surface area contributed by atoms with Crippen molar-refractivity contribution in [3.8, 4) is 6.07 Å². The normalized spacial score (nSPS) is 12.6. The first-order valence-corrected chi connectivity index (χ1v) is 7.60. The Hall–Kier alpha value is -0.510. The minimum Gasteiger partial charge on any atom is -0.198 e. The average Bonchev–Trinajstić information content (AvgIpc) is 2.31. The van der Waals surface area contributed by atoms with E-state index in [1.165, 1.54) is 51.4 Å². The number of rotatable bonds is 11. The van der Waals surface area contributed by atoms with E-state index in [0.717, 1.165) is 18.8 Å². The molecule has 1 heteroatoms. The Morgan fingerprint density at radius 2 is 1.35 bits per heavy atom. The highest BCUT2D eigenvalue weighted by Crippen LogP contribution is 2.17. The molecule has 0 N–H and O–H groups in total. The molecule has 0 spiro atoms. The van der Waals surface area contributed by atoms with E-state index >= 15 is 0 Å². The average molecular weight is 237 g/mol. The summed E-state index contributed by atoms with van der Waals surface area (Å²) in [6.07, 6.45) is 12.7. The molecule has 0 saturated carbocycles. The summed E-state index contributed by atoms with van der Waals surface area (Å²) in [6, 6.07) is 2.45. The third-order valence-corrected chi connectivity index (χ3v) is 3.42. The monoisotopic (exact) mass is 237 g/mol. The van der Waals surface area contributed by atoms with Gasteiger partial charge in [0.05, 0.1) is 6.07 Å². The second-order valence-electron chi connectivity index (χ2n) is 5.71. The summed E-state index contributed by atoms with van der Waals surface area (Å²) in [5, 5.41) is 9.00. The molecule has 0 heterocycles. The Balaban J connectivity index is 3.28. The number of nitriles is 1. The van der Waals surface area contributed by atoms with Crippen molar-refractivity contribution in [3.05, 3.63) is 0 Å². The van der Waals surface area contributed by atoms with E-state index in [9.17, 15) is 0 Å². The first-order valence-electron chi connectivity index (χ1n) is 7.60. The summed E-state index contributed by atoms with van der Waals surface area (Å²) in [5.41, 5.74) is 0. The smallest absolute Gasteiger partial charge is 0.0655 e.